The Labute approximate surface area is 175 Å². The average molecular weight is 397 g/mol. The molecule has 1 N–H and O–H groups in total. The predicted molar refractivity (Wildman–Crippen MR) is 120 cm³/mol. The van der Waals surface area contributed by atoms with Crippen LogP contribution >= 0.6 is 0 Å². The molecule has 3 aliphatic rings. The molecule has 2 fully saturated rings. The monoisotopic (exact) mass is 396 g/mol. The molecule has 1 unspecified atom stereocenters. The zero-order valence-corrected chi connectivity index (χ0v) is 17.7. The molecule has 4 bridgehead atoms. The van der Waals surface area contributed by atoms with Gasteiger partial charge in [-0.1, -0.05) is 44.2 Å². The second kappa shape index (κ2) is 10.2. The molecule has 2 aliphatic heterocycles. The van der Waals surface area contributed by atoms with Crippen molar-refractivity contribution < 1.29 is 4.79 Å². The number of fused-ring (bicyclic) bond motifs is 6. The zero-order chi connectivity index (χ0) is 19.9. The van der Waals surface area contributed by atoms with Crippen molar-refractivity contribution in [3.8, 4) is 0 Å². The lowest BCUT2D eigenvalue weighted by Crippen LogP contribution is -2.44. The van der Waals surface area contributed by atoms with E-state index in [1.54, 1.807) is 0 Å². The van der Waals surface area contributed by atoms with Crippen LogP contribution in [-0.4, -0.2) is 49.0 Å². The van der Waals surface area contributed by atoms with Crippen molar-refractivity contribution >= 4 is 17.6 Å². The van der Waals surface area contributed by atoms with Crippen molar-refractivity contribution in [3.05, 3.63) is 29.8 Å². The van der Waals surface area contributed by atoms with Gasteiger partial charge in [0.15, 0.2) is 0 Å². The highest BCUT2D eigenvalue weighted by Gasteiger charge is 2.23. The van der Waals surface area contributed by atoms with Crippen LogP contribution in [0.3, 0.4) is 0 Å². The van der Waals surface area contributed by atoms with Gasteiger partial charge in [-0.15, -0.1) is 0 Å². The first kappa shape index (κ1) is 20.4. The van der Waals surface area contributed by atoms with Crippen LogP contribution in [0.1, 0.15) is 69.8 Å². The Kier molecular flexibility index (Phi) is 7.20. The van der Waals surface area contributed by atoms with Crippen molar-refractivity contribution in [2.24, 2.45) is 4.99 Å². The van der Waals surface area contributed by atoms with E-state index in [0.29, 0.717) is 6.04 Å². The number of hydrogen-bond donors (Lipinski definition) is 1. The number of aryl methyl sites for hydroxylation is 1. The quantitative estimate of drug-likeness (QED) is 0.744. The lowest BCUT2D eigenvalue weighted by atomic mass is 9.96. The van der Waals surface area contributed by atoms with Gasteiger partial charge in [0, 0.05) is 31.7 Å². The number of anilines is 1. The highest BCUT2D eigenvalue weighted by atomic mass is 16.2. The number of benzene rings is 1. The second-order valence-corrected chi connectivity index (χ2v) is 8.88. The van der Waals surface area contributed by atoms with Gasteiger partial charge in [-0.3, -0.25) is 15.2 Å². The average Bonchev–Trinajstić information content (AvgIpc) is 2.81. The summed E-state index contributed by atoms with van der Waals surface area (Å²) in [5, 5.41) is 3.19. The van der Waals surface area contributed by atoms with E-state index in [1.807, 2.05) is 4.90 Å². The third-order valence-electron chi connectivity index (χ3n) is 6.63. The van der Waals surface area contributed by atoms with Crippen molar-refractivity contribution in [1.29, 1.82) is 0 Å². The summed E-state index contributed by atoms with van der Waals surface area (Å²) in [7, 11) is 0. The fourth-order valence-electron chi connectivity index (χ4n) is 4.87. The summed E-state index contributed by atoms with van der Waals surface area (Å²) in [6, 6.07) is 8.93. The van der Waals surface area contributed by atoms with Crippen LogP contribution in [0.15, 0.2) is 29.3 Å². The lowest BCUT2D eigenvalue weighted by molar-refractivity contribution is 0.248. The fourth-order valence-corrected chi connectivity index (χ4v) is 4.87. The molecule has 0 aromatic heterocycles. The Bertz CT molecular complexity index is 711. The summed E-state index contributed by atoms with van der Waals surface area (Å²) in [4.78, 5) is 22.7. The first-order valence-corrected chi connectivity index (χ1v) is 11.7. The lowest BCUT2D eigenvalue weighted by Gasteiger charge is -2.26. The molecule has 2 heterocycles. The van der Waals surface area contributed by atoms with E-state index in [9.17, 15) is 4.79 Å². The molecule has 5 heteroatoms. The predicted octanol–water partition coefficient (Wildman–Crippen LogP) is 4.76. The third kappa shape index (κ3) is 5.81. The Morgan fingerprint density at radius 2 is 1.69 bits per heavy atom. The number of amidine groups is 1. The number of nitrogens with one attached hydrogen (secondary N) is 1. The third-order valence-corrected chi connectivity index (χ3v) is 6.63. The SMILES string of the molecule is O=C1NC(=NC2CCCCC2)CCN2CCCCCCc3cccc(c3)N1CC2. The molecular weight excluding hydrogens is 360 g/mol. The van der Waals surface area contributed by atoms with Crippen LogP contribution in [0.25, 0.3) is 0 Å². The molecule has 158 valence electrons. The van der Waals surface area contributed by atoms with Crippen LogP contribution in [0, 0.1) is 0 Å². The molecule has 29 heavy (non-hydrogen) atoms. The van der Waals surface area contributed by atoms with Gasteiger partial charge in [0.1, 0.15) is 5.84 Å². The van der Waals surface area contributed by atoms with Gasteiger partial charge in [-0.25, -0.2) is 4.79 Å². The van der Waals surface area contributed by atoms with Crippen LogP contribution in [0.2, 0.25) is 0 Å². The van der Waals surface area contributed by atoms with Crippen molar-refractivity contribution in [2.45, 2.75) is 76.7 Å². The maximum Gasteiger partial charge on any atom is 0.327 e. The molecule has 1 aromatic carbocycles. The number of rotatable bonds is 1. The van der Waals surface area contributed by atoms with Gasteiger partial charge < -0.3 is 4.90 Å². The minimum atomic E-state index is -0.0200. The summed E-state index contributed by atoms with van der Waals surface area (Å²) >= 11 is 0. The van der Waals surface area contributed by atoms with Gasteiger partial charge in [-0.05, 0) is 56.3 Å². The highest BCUT2D eigenvalue weighted by Crippen LogP contribution is 2.22. The number of amides is 2. The summed E-state index contributed by atoms with van der Waals surface area (Å²) < 4.78 is 0. The van der Waals surface area contributed by atoms with Crippen molar-refractivity contribution in [3.63, 3.8) is 0 Å². The number of urea groups is 1. The Balaban J connectivity index is 1.60. The molecule has 1 saturated heterocycles. The minimum absolute atomic E-state index is 0.0200. The Morgan fingerprint density at radius 3 is 2.59 bits per heavy atom. The summed E-state index contributed by atoms with van der Waals surface area (Å²) in [6.45, 7) is 3.76. The maximum absolute atomic E-state index is 13.2. The van der Waals surface area contributed by atoms with Crippen LogP contribution < -0.4 is 10.2 Å². The molecule has 1 aromatic rings. The van der Waals surface area contributed by atoms with Gasteiger partial charge in [0.2, 0.25) is 0 Å². The number of carbonyl (C=O) groups excluding carboxylic acids is 1. The van der Waals surface area contributed by atoms with E-state index in [2.05, 4.69) is 34.5 Å². The van der Waals surface area contributed by atoms with E-state index in [4.69, 9.17) is 4.99 Å². The standard InChI is InChI=1S/C24H36N4O/c29-24-26-23(25-21-11-5-3-6-12-21)14-16-27-15-7-2-1-4-9-20-10-8-13-22(19-20)28(24)18-17-27/h8,10,13,19,21H,1-7,9,11-12,14-18H2,(H,25,26,29). The van der Waals surface area contributed by atoms with Crippen LogP contribution in [-0.2, 0) is 6.42 Å². The van der Waals surface area contributed by atoms with E-state index >= 15 is 0 Å². The maximum atomic E-state index is 13.2. The van der Waals surface area contributed by atoms with E-state index in [-0.39, 0.29) is 6.03 Å². The molecule has 4 rings (SSSR count). The van der Waals surface area contributed by atoms with Crippen molar-refractivity contribution in [2.75, 3.05) is 31.1 Å². The van der Waals surface area contributed by atoms with Gasteiger partial charge in [0.05, 0.1) is 6.04 Å². The molecule has 0 radical (unpaired) electrons. The number of carbonyl (C=O) groups is 1. The first-order valence-electron chi connectivity index (χ1n) is 11.7. The number of nitrogens with zero attached hydrogens (tertiary/aromatic N) is 3. The molecule has 1 aliphatic carbocycles. The normalized spacial score (nSPS) is 26.5. The van der Waals surface area contributed by atoms with E-state index in [1.165, 1.54) is 50.5 Å². The highest BCUT2D eigenvalue weighted by molar-refractivity contribution is 6.04. The number of aliphatic imine (C=N–C) groups is 1. The summed E-state index contributed by atoms with van der Waals surface area (Å²) in [6.07, 6.45) is 13.2. The van der Waals surface area contributed by atoms with Crippen LogP contribution in [0.4, 0.5) is 10.5 Å². The molecule has 0 spiro atoms. The molecule has 2 amide bonds. The fraction of sp³-hybridized carbons (Fsp3) is 0.667. The van der Waals surface area contributed by atoms with Crippen LogP contribution in [0.5, 0.6) is 0 Å². The Hall–Kier alpha value is -1.88. The summed E-state index contributed by atoms with van der Waals surface area (Å²) in [5.74, 6) is 0.891. The van der Waals surface area contributed by atoms with Gasteiger partial charge >= 0.3 is 6.03 Å². The topological polar surface area (TPSA) is 47.9 Å². The first-order chi connectivity index (χ1) is 14.3. The zero-order valence-electron chi connectivity index (χ0n) is 17.7. The molecule has 5 nitrogen and oxygen atoms in total. The molecule has 1 atom stereocenters. The minimum Gasteiger partial charge on any atom is -0.301 e. The smallest absolute Gasteiger partial charge is 0.301 e. The Morgan fingerprint density at radius 1 is 0.862 bits per heavy atom. The summed E-state index contributed by atoms with van der Waals surface area (Å²) in [5.41, 5.74) is 2.35. The van der Waals surface area contributed by atoms with Gasteiger partial charge in [0.25, 0.3) is 0 Å². The largest absolute Gasteiger partial charge is 0.327 e. The molecular formula is C24H36N4O. The van der Waals surface area contributed by atoms with Crippen molar-refractivity contribution in [1.82, 2.24) is 10.2 Å². The number of hydrogen-bond acceptors (Lipinski definition) is 3. The van der Waals surface area contributed by atoms with E-state index in [0.717, 1.165) is 63.4 Å². The van der Waals surface area contributed by atoms with E-state index < -0.39 is 0 Å². The van der Waals surface area contributed by atoms with Gasteiger partial charge in [-0.2, -0.15) is 0 Å². The second-order valence-electron chi connectivity index (χ2n) is 8.88. The molecule has 1 saturated carbocycles.